The van der Waals surface area contributed by atoms with E-state index in [1.807, 2.05) is 32.0 Å². The van der Waals surface area contributed by atoms with Gasteiger partial charge < -0.3 is 5.32 Å². The number of hydrogen-bond donors (Lipinski definition) is 1. The van der Waals surface area contributed by atoms with Crippen LogP contribution in [0.2, 0.25) is 0 Å². The van der Waals surface area contributed by atoms with E-state index in [2.05, 4.69) is 34.5 Å². The Labute approximate surface area is 172 Å². The summed E-state index contributed by atoms with van der Waals surface area (Å²) in [4.78, 5) is 13.0. The second-order valence-electron chi connectivity index (χ2n) is 8.13. The molecule has 154 valence electrons. The highest BCUT2D eigenvalue weighted by Gasteiger charge is 2.33. The lowest BCUT2D eigenvalue weighted by Crippen LogP contribution is -2.44. The van der Waals surface area contributed by atoms with Crippen LogP contribution >= 0.6 is 0 Å². The van der Waals surface area contributed by atoms with Crippen LogP contribution in [-0.4, -0.2) is 23.2 Å². The Morgan fingerprint density at radius 1 is 1.14 bits per heavy atom. The maximum absolute atomic E-state index is 13.2. The molecule has 0 saturated heterocycles. The van der Waals surface area contributed by atoms with Crippen molar-refractivity contribution in [3.8, 4) is 0 Å². The number of hydrazone groups is 1. The van der Waals surface area contributed by atoms with E-state index in [1.54, 1.807) is 12.1 Å². The minimum Gasteiger partial charge on any atom is -0.342 e. The molecule has 0 spiro atoms. The van der Waals surface area contributed by atoms with Gasteiger partial charge in [0.1, 0.15) is 11.5 Å². The van der Waals surface area contributed by atoms with E-state index in [-0.39, 0.29) is 17.8 Å². The third-order valence-corrected chi connectivity index (χ3v) is 5.42. The van der Waals surface area contributed by atoms with Gasteiger partial charge in [-0.3, -0.25) is 9.80 Å². The number of carbonyl (C=O) groups is 1. The number of rotatable bonds is 8. The average molecular weight is 396 g/mol. The standard InChI is InChI=1S/C24H30FN3O/c1-4-5-9-16-28-22(18-10-7-6-8-11-18)17-21(27-28)23(29)26-24(2,3)19-12-14-20(25)15-13-19/h6-8,10-15,22H,4-5,9,16-17H2,1-3H3,(H,26,29). The zero-order chi connectivity index (χ0) is 20.9. The van der Waals surface area contributed by atoms with Gasteiger partial charge in [0.05, 0.1) is 11.6 Å². The number of hydrogen-bond acceptors (Lipinski definition) is 3. The Bertz CT molecular complexity index is 846. The highest BCUT2D eigenvalue weighted by Crippen LogP contribution is 2.31. The second-order valence-corrected chi connectivity index (χ2v) is 8.13. The molecule has 0 aromatic heterocycles. The lowest BCUT2D eigenvalue weighted by molar-refractivity contribution is -0.116. The molecule has 1 amide bonds. The summed E-state index contributed by atoms with van der Waals surface area (Å²) >= 11 is 0. The number of amides is 1. The largest absolute Gasteiger partial charge is 0.342 e. The van der Waals surface area contributed by atoms with Crippen LogP contribution in [0.25, 0.3) is 0 Å². The van der Waals surface area contributed by atoms with Gasteiger partial charge in [-0.05, 0) is 43.5 Å². The topological polar surface area (TPSA) is 44.7 Å². The van der Waals surface area contributed by atoms with Crippen LogP contribution in [0.3, 0.4) is 0 Å². The lowest BCUT2D eigenvalue weighted by atomic mass is 9.93. The van der Waals surface area contributed by atoms with Crippen molar-refractivity contribution in [3.63, 3.8) is 0 Å². The molecule has 0 bridgehead atoms. The number of benzene rings is 2. The number of unbranched alkanes of at least 4 members (excludes halogenated alkanes) is 2. The van der Waals surface area contributed by atoms with Gasteiger partial charge in [-0.2, -0.15) is 5.10 Å². The summed E-state index contributed by atoms with van der Waals surface area (Å²) < 4.78 is 13.2. The summed E-state index contributed by atoms with van der Waals surface area (Å²) in [6, 6.07) is 16.6. The molecule has 0 aliphatic carbocycles. The van der Waals surface area contributed by atoms with Crippen LogP contribution in [0.1, 0.15) is 63.6 Å². The Balaban J connectivity index is 1.74. The fourth-order valence-electron chi connectivity index (χ4n) is 3.68. The first-order chi connectivity index (χ1) is 13.9. The first-order valence-electron chi connectivity index (χ1n) is 10.4. The molecule has 1 aliphatic heterocycles. The molecule has 29 heavy (non-hydrogen) atoms. The van der Waals surface area contributed by atoms with Gasteiger partial charge in [0.2, 0.25) is 0 Å². The molecule has 2 aromatic rings. The SMILES string of the molecule is CCCCCN1N=C(C(=O)NC(C)(C)c2ccc(F)cc2)CC1c1ccccc1. The summed E-state index contributed by atoms with van der Waals surface area (Å²) in [7, 11) is 0. The van der Waals surface area contributed by atoms with Crippen molar-refractivity contribution in [1.82, 2.24) is 10.3 Å². The van der Waals surface area contributed by atoms with Crippen LogP contribution in [-0.2, 0) is 10.3 Å². The van der Waals surface area contributed by atoms with Gasteiger partial charge in [0.25, 0.3) is 5.91 Å². The van der Waals surface area contributed by atoms with Gasteiger partial charge in [-0.15, -0.1) is 0 Å². The van der Waals surface area contributed by atoms with Gasteiger partial charge >= 0.3 is 0 Å². The zero-order valence-electron chi connectivity index (χ0n) is 17.5. The normalized spacial score (nSPS) is 16.6. The molecule has 4 nitrogen and oxygen atoms in total. The molecule has 0 fully saturated rings. The van der Waals surface area contributed by atoms with Crippen molar-refractivity contribution in [1.29, 1.82) is 0 Å². The van der Waals surface area contributed by atoms with E-state index in [0.29, 0.717) is 12.1 Å². The summed E-state index contributed by atoms with van der Waals surface area (Å²) in [6.07, 6.45) is 3.93. The molecule has 3 rings (SSSR count). The van der Waals surface area contributed by atoms with Gasteiger partial charge in [-0.1, -0.05) is 62.2 Å². The molecule has 2 aromatic carbocycles. The highest BCUT2D eigenvalue weighted by atomic mass is 19.1. The molecule has 1 aliphatic rings. The third kappa shape index (κ3) is 5.22. The van der Waals surface area contributed by atoms with Crippen molar-refractivity contribution >= 4 is 11.6 Å². The minimum atomic E-state index is -0.620. The highest BCUT2D eigenvalue weighted by molar-refractivity contribution is 6.39. The van der Waals surface area contributed by atoms with Crippen LogP contribution in [0.5, 0.6) is 0 Å². The molecule has 1 atom stereocenters. The van der Waals surface area contributed by atoms with E-state index in [9.17, 15) is 9.18 Å². The second kappa shape index (κ2) is 9.21. The molecular weight excluding hydrogens is 365 g/mol. The Hall–Kier alpha value is -2.69. The average Bonchev–Trinajstić information content (AvgIpc) is 3.13. The zero-order valence-corrected chi connectivity index (χ0v) is 17.5. The monoisotopic (exact) mass is 395 g/mol. The number of nitrogens with one attached hydrogen (secondary N) is 1. The van der Waals surface area contributed by atoms with Gasteiger partial charge in [0.15, 0.2) is 0 Å². The van der Waals surface area contributed by atoms with Gasteiger partial charge in [-0.25, -0.2) is 4.39 Å². The number of halogens is 1. The van der Waals surface area contributed by atoms with E-state index in [4.69, 9.17) is 0 Å². The summed E-state index contributed by atoms with van der Waals surface area (Å²) in [5.41, 5.74) is 1.95. The van der Waals surface area contributed by atoms with Crippen LogP contribution in [0, 0.1) is 5.82 Å². The van der Waals surface area contributed by atoms with E-state index < -0.39 is 5.54 Å². The fourth-order valence-corrected chi connectivity index (χ4v) is 3.68. The van der Waals surface area contributed by atoms with E-state index in [0.717, 1.165) is 31.4 Å². The molecule has 5 heteroatoms. The van der Waals surface area contributed by atoms with E-state index >= 15 is 0 Å². The quantitative estimate of drug-likeness (QED) is 0.627. The predicted molar refractivity (Wildman–Crippen MR) is 115 cm³/mol. The summed E-state index contributed by atoms with van der Waals surface area (Å²) in [5, 5.41) is 9.82. The predicted octanol–water partition coefficient (Wildman–Crippen LogP) is 5.17. The summed E-state index contributed by atoms with van der Waals surface area (Å²) in [5.74, 6) is -0.456. The maximum Gasteiger partial charge on any atom is 0.268 e. The van der Waals surface area contributed by atoms with Crippen LogP contribution < -0.4 is 5.32 Å². The third-order valence-electron chi connectivity index (χ3n) is 5.42. The van der Waals surface area contributed by atoms with Gasteiger partial charge in [0, 0.05) is 13.0 Å². The Kier molecular flexibility index (Phi) is 6.68. The fraction of sp³-hybridized carbons (Fsp3) is 0.417. The Morgan fingerprint density at radius 2 is 1.83 bits per heavy atom. The van der Waals surface area contributed by atoms with Crippen LogP contribution in [0.4, 0.5) is 4.39 Å². The lowest BCUT2D eigenvalue weighted by Gasteiger charge is -2.26. The Morgan fingerprint density at radius 3 is 2.48 bits per heavy atom. The first kappa shape index (κ1) is 21.0. The molecule has 1 heterocycles. The minimum absolute atomic E-state index is 0.0859. The van der Waals surface area contributed by atoms with Crippen molar-refractivity contribution in [3.05, 3.63) is 71.5 Å². The molecular formula is C24H30FN3O. The van der Waals surface area contributed by atoms with Crippen molar-refractivity contribution in [2.75, 3.05) is 6.54 Å². The smallest absolute Gasteiger partial charge is 0.268 e. The molecule has 1 unspecified atom stereocenters. The molecule has 0 saturated carbocycles. The number of carbonyl (C=O) groups excluding carboxylic acids is 1. The first-order valence-corrected chi connectivity index (χ1v) is 10.4. The molecule has 0 radical (unpaired) electrons. The molecule has 1 N–H and O–H groups in total. The van der Waals surface area contributed by atoms with Crippen molar-refractivity contribution < 1.29 is 9.18 Å². The van der Waals surface area contributed by atoms with E-state index in [1.165, 1.54) is 17.7 Å². The maximum atomic E-state index is 13.2. The van der Waals surface area contributed by atoms with Crippen molar-refractivity contribution in [2.45, 2.75) is 58.0 Å². The van der Waals surface area contributed by atoms with Crippen LogP contribution in [0.15, 0.2) is 59.7 Å². The van der Waals surface area contributed by atoms with Crippen molar-refractivity contribution in [2.24, 2.45) is 5.10 Å². The summed E-state index contributed by atoms with van der Waals surface area (Å²) in [6.45, 7) is 6.85. The number of nitrogens with zero attached hydrogens (tertiary/aromatic N) is 2.